The molecule has 1 aliphatic carbocycles. The highest BCUT2D eigenvalue weighted by atomic mass is 32.1. The van der Waals surface area contributed by atoms with E-state index in [4.69, 9.17) is 4.98 Å². The Morgan fingerprint density at radius 1 is 1.05 bits per heavy atom. The van der Waals surface area contributed by atoms with Crippen molar-refractivity contribution in [3.05, 3.63) is 73.6 Å². The van der Waals surface area contributed by atoms with Crippen LogP contribution in [0.1, 0.15) is 54.2 Å². The molecule has 3 aromatic heterocycles. The predicted molar refractivity (Wildman–Crippen MR) is 158 cm³/mol. The number of amides is 2. The summed E-state index contributed by atoms with van der Waals surface area (Å²) in [7, 11) is 0. The number of aryl methyl sites for hydroxylation is 2. The smallest absolute Gasteiger partial charge is 0.315 e. The molecule has 40 heavy (non-hydrogen) atoms. The number of aromatic nitrogens is 3. The molecule has 0 radical (unpaired) electrons. The van der Waals surface area contributed by atoms with Crippen molar-refractivity contribution in [1.82, 2.24) is 24.8 Å². The molecule has 4 aromatic rings. The molecule has 6 rings (SSSR count). The van der Waals surface area contributed by atoms with E-state index in [1.165, 1.54) is 28.2 Å². The number of carbonyl (C=O) groups excluding carboxylic acids is 2. The van der Waals surface area contributed by atoms with Crippen LogP contribution in [0.5, 0.6) is 0 Å². The van der Waals surface area contributed by atoms with Crippen LogP contribution in [-0.4, -0.2) is 62.7 Å². The van der Waals surface area contributed by atoms with Gasteiger partial charge in [-0.05, 0) is 36.8 Å². The van der Waals surface area contributed by atoms with E-state index < -0.39 is 11.8 Å². The first kappa shape index (κ1) is 26.8. The Labute approximate surface area is 240 Å². The lowest BCUT2D eigenvalue weighted by Gasteiger charge is -2.33. The van der Waals surface area contributed by atoms with Gasteiger partial charge in [0, 0.05) is 41.9 Å². The molecule has 0 bridgehead atoms. The Balaban J connectivity index is 1.04. The van der Waals surface area contributed by atoms with Crippen LogP contribution in [0.25, 0.3) is 10.2 Å². The molecule has 0 atom stereocenters. The highest BCUT2D eigenvalue weighted by Gasteiger charge is 2.29. The lowest BCUT2D eigenvalue weighted by molar-refractivity contribution is -0.144. The van der Waals surface area contributed by atoms with Crippen molar-refractivity contribution in [2.24, 2.45) is 0 Å². The Kier molecular flexibility index (Phi) is 7.28. The number of hydrogen-bond donors (Lipinski definition) is 2. The first-order chi connectivity index (χ1) is 19.3. The zero-order chi connectivity index (χ0) is 27.9. The zero-order valence-electron chi connectivity index (χ0n) is 22.7. The average molecular weight is 577 g/mol. The number of thiazole rings is 1. The summed E-state index contributed by atoms with van der Waals surface area (Å²) < 4.78 is 0. The van der Waals surface area contributed by atoms with Gasteiger partial charge in [-0.1, -0.05) is 44.2 Å². The lowest BCUT2D eigenvalue weighted by Crippen LogP contribution is -2.51. The van der Waals surface area contributed by atoms with E-state index in [-0.39, 0.29) is 11.0 Å². The Morgan fingerprint density at radius 2 is 1.80 bits per heavy atom. The quantitative estimate of drug-likeness (QED) is 0.349. The van der Waals surface area contributed by atoms with Gasteiger partial charge in [0.05, 0.1) is 17.6 Å². The Bertz CT molecular complexity index is 1620. The molecule has 11 heteroatoms. The molecule has 9 nitrogen and oxygen atoms in total. The molecule has 1 aliphatic heterocycles. The van der Waals surface area contributed by atoms with Crippen LogP contribution in [-0.2, 0) is 34.4 Å². The highest BCUT2D eigenvalue weighted by molar-refractivity contribution is 7.18. The monoisotopic (exact) mass is 576 g/mol. The van der Waals surface area contributed by atoms with Crippen LogP contribution >= 0.6 is 22.7 Å². The Hall–Kier alpha value is -3.41. The van der Waals surface area contributed by atoms with Crippen molar-refractivity contribution in [3.63, 3.8) is 0 Å². The van der Waals surface area contributed by atoms with Crippen molar-refractivity contribution in [1.29, 1.82) is 0 Å². The van der Waals surface area contributed by atoms with E-state index in [1.807, 2.05) is 23.6 Å². The van der Waals surface area contributed by atoms with E-state index in [0.29, 0.717) is 43.7 Å². The zero-order valence-corrected chi connectivity index (χ0v) is 24.3. The van der Waals surface area contributed by atoms with Crippen molar-refractivity contribution in [2.45, 2.75) is 51.5 Å². The van der Waals surface area contributed by atoms with Gasteiger partial charge in [0.15, 0.2) is 5.13 Å². The van der Waals surface area contributed by atoms with Crippen LogP contribution < -0.4 is 10.9 Å². The number of aromatic amines is 1. The molecular weight excluding hydrogens is 544 g/mol. The number of fused-ring (bicyclic) bond motifs is 3. The number of H-pyrrole nitrogens is 1. The topological polar surface area (TPSA) is 111 Å². The Morgan fingerprint density at radius 3 is 2.58 bits per heavy atom. The van der Waals surface area contributed by atoms with E-state index in [2.05, 4.69) is 46.2 Å². The molecule has 1 aromatic carbocycles. The number of thiophene rings is 1. The summed E-state index contributed by atoms with van der Waals surface area (Å²) in [4.78, 5) is 56.7. The van der Waals surface area contributed by atoms with Gasteiger partial charge in [0.2, 0.25) is 0 Å². The van der Waals surface area contributed by atoms with Gasteiger partial charge in [-0.25, -0.2) is 9.97 Å². The summed E-state index contributed by atoms with van der Waals surface area (Å²) in [5, 5.41) is 5.79. The van der Waals surface area contributed by atoms with Crippen molar-refractivity contribution in [3.8, 4) is 0 Å². The molecule has 0 saturated carbocycles. The van der Waals surface area contributed by atoms with Gasteiger partial charge in [-0.15, -0.1) is 22.7 Å². The molecule has 4 heterocycles. The fraction of sp³-hybridized carbons (Fsp3) is 0.414. The second-order valence-electron chi connectivity index (χ2n) is 11.0. The lowest BCUT2D eigenvalue weighted by atomic mass is 9.82. The summed E-state index contributed by atoms with van der Waals surface area (Å²) in [6.45, 7) is 6.71. The van der Waals surface area contributed by atoms with Crippen molar-refractivity contribution in [2.75, 3.05) is 31.5 Å². The second kappa shape index (κ2) is 10.9. The van der Waals surface area contributed by atoms with Gasteiger partial charge >= 0.3 is 11.8 Å². The molecule has 0 spiro atoms. The minimum atomic E-state index is -0.676. The third kappa shape index (κ3) is 5.21. The normalized spacial score (nSPS) is 16.2. The second-order valence-corrected chi connectivity index (χ2v) is 12.9. The van der Waals surface area contributed by atoms with Crippen molar-refractivity contribution < 1.29 is 9.59 Å². The summed E-state index contributed by atoms with van der Waals surface area (Å²) in [6.07, 6.45) is 4.28. The molecule has 1 fully saturated rings. The minimum Gasteiger partial charge on any atom is -0.332 e. The van der Waals surface area contributed by atoms with Crippen LogP contribution in [0.2, 0.25) is 0 Å². The fourth-order valence-corrected chi connectivity index (χ4v) is 7.67. The van der Waals surface area contributed by atoms with Gasteiger partial charge in [0.25, 0.3) is 5.56 Å². The predicted octanol–water partition coefficient (Wildman–Crippen LogP) is 3.93. The number of nitrogens with one attached hydrogen (secondary N) is 2. The first-order valence-electron chi connectivity index (χ1n) is 13.7. The van der Waals surface area contributed by atoms with Gasteiger partial charge in [-0.2, -0.15) is 0 Å². The number of anilines is 1. The number of carbonyl (C=O) groups is 2. The standard InChI is InChI=1S/C29H32N6O3S2/c1-29(2,18-8-4-3-5-9-18)21-17-39-28(30-21)33-25(37)27(38)35-14-12-34(13-15-35)16-22-31-24(36)23-19-10-6-7-11-20(19)40-26(23)32-22/h3-5,8-9,17H,6-7,10-16H2,1-2H3,(H,30,33,37)(H,31,32,36). The van der Waals surface area contributed by atoms with Crippen molar-refractivity contribution >= 4 is 49.8 Å². The van der Waals surface area contributed by atoms with E-state index >= 15 is 0 Å². The third-order valence-electron chi connectivity index (χ3n) is 7.96. The highest BCUT2D eigenvalue weighted by Crippen LogP contribution is 2.34. The molecule has 208 valence electrons. The van der Waals surface area contributed by atoms with Gasteiger partial charge in [-0.3, -0.25) is 24.6 Å². The van der Waals surface area contributed by atoms with Crippen LogP contribution in [0.3, 0.4) is 0 Å². The van der Waals surface area contributed by atoms with E-state index in [1.54, 1.807) is 16.2 Å². The summed E-state index contributed by atoms with van der Waals surface area (Å²) in [6, 6.07) is 10.1. The van der Waals surface area contributed by atoms with Gasteiger partial charge < -0.3 is 9.88 Å². The summed E-state index contributed by atoms with van der Waals surface area (Å²) >= 11 is 2.97. The number of nitrogens with zero attached hydrogens (tertiary/aromatic N) is 4. The van der Waals surface area contributed by atoms with E-state index in [9.17, 15) is 14.4 Å². The molecule has 2 aliphatic rings. The van der Waals surface area contributed by atoms with E-state index in [0.717, 1.165) is 40.7 Å². The van der Waals surface area contributed by atoms with Crippen LogP contribution in [0.15, 0.2) is 40.5 Å². The molecule has 2 amide bonds. The number of benzene rings is 1. The average Bonchev–Trinajstić information content (AvgIpc) is 3.59. The number of rotatable bonds is 5. The maximum atomic E-state index is 12.9. The van der Waals surface area contributed by atoms with Gasteiger partial charge in [0.1, 0.15) is 10.7 Å². The number of piperazine rings is 1. The number of hydrogen-bond acceptors (Lipinski definition) is 8. The largest absolute Gasteiger partial charge is 0.332 e. The fourth-order valence-electron chi connectivity index (χ4n) is 5.52. The van der Waals surface area contributed by atoms with Crippen LogP contribution in [0, 0.1) is 0 Å². The SMILES string of the molecule is CC(C)(c1ccccc1)c1csc(NC(=O)C(=O)N2CCN(Cc3nc4sc5c(c4c(=O)[nH]3)CCCC5)CC2)n1. The summed E-state index contributed by atoms with van der Waals surface area (Å²) in [5.41, 5.74) is 2.77. The third-order valence-corrected chi connectivity index (χ3v) is 9.91. The molecule has 1 saturated heterocycles. The molecular formula is C29H32N6O3S2. The molecule has 2 N–H and O–H groups in total. The first-order valence-corrected chi connectivity index (χ1v) is 15.4. The minimum absolute atomic E-state index is 0.0533. The summed E-state index contributed by atoms with van der Waals surface area (Å²) in [5.74, 6) is -0.590. The maximum absolute atomic E-state index is 12.9. The molecule has 0 unspecified atom stereocenters. The maximum Gasteiger partial charge on any atom is 0.315 e. The van der Waals surface area contributed by atoms with Crippen LogP contribution in [0.4, 0.5) is 5.13 Å².